The lowest BCUT2D eigenvalue weighted by Gasteiger charge is -2.30. The average Bonchev–Trinajstić information content (AvgIpc) is 2.86. The first-order valence-corrected chi connectivity index (χ1v) is 12.0. The zero-order chi connectivity index (χ0) is 24.5. The molecule has 1 aliphatic rings. The second-order valence-electron chi connectivity index (χ2n) is 7.93. The Morgan fingerprint density at radius 3 is 2.47 bits per heavy atom. The minimum atomic E-state index is -0.683. The highest BCUT2D eigenvalue weighted by Gasteiger charge is 2.37. The predicted molar refractivity (Wildman–Crippen MR) is 131 cm³/mol. The zero-order valence-electron chi connectivity index (χ0n) is 19.4. The molecule has 1 aromatic heterocycles. The van der Waals surface area contributed by atoms with Crippen LogP contribution >= 0.6 is 11.8 Å². The minimum Gasteiger partial charge on any atom is -0.465 e. The standard InChI is InChI=1S/C26H27N3O4S/c1-4-32-26(31)23-22(18-10-12-28-13-11-18)20(14-27)25(34-16-21(30)33-15-17(2)3)29-24(23)19-8-6-5-7-9-19/h5-13,17,22,29H,4,15-16H2,1-3H3. The number of dihydropyridines is 1. The molecule has 8 heteroatoms. The number of nitrogens with zero attached hydrogens (tertiary/aromatic N) is 2. The first-order chi connectivity index (χ1) is 16.5. The third kappa shape index (κ3) is 6.06. The first kappa shape index (κ1) is 25.1. The molecule has 0 bridgehead atoms. The van der Waals surface area contributed by atoms with E-state index < -0.39 is 11.9 Å². The summed E-state index contributed by atoms with van der Waals surface area (Å²) >= 11 is 1.18. The molecule has 0 spiro atoms. The molecule has 1 aromatic carbocycles. The largest absolute Gasteiger partial charge is 0.465 e. The maximum Gasteiger partial charge on any atom is 0.337 e. The van der Waals surface area contributed by atoms with Crippen LogP contribution in [0.25, 0.3) is 5.70 Å². The Bertz CT molecular complexity index is 1120. The van der Waals surface area contributed by atoms with Crippen molar-refractivity contribution < 1.29 is 19.1 Å². The molecule has 0 radical (unpaired) electrons. The molecular formula is C26H27N3O4S. The van der Waals surface area contributed by atoms with Gasteiger partial charge in [0.25, 0.3) is 0 Å². The number of rotatable bonds is 9. The fourth-order valence-electron chi connectivity index (χ4n) is 3.48. The Morgan fingerprint density at radius 2 is 1.85 bits per heavy atom. The van der Waals surface area contributed by atoms with E-state index in [4.69, 9.17) is 9.47 Å². The third-order valence-corrected chi connectivity index (χ3v) is 5.95. The van der Waals surface area contributed by atoms with Crippen LogP contribution in [0, 0.1) is 17.2 Å². The number of benzene rings is 1. The molecular weight excluding hydrogens is 450 g/mol. The summed E-state index contributed by atoms with van der Waals surface area (Å²) in [5.74, 6) is -1.31. The molecule has 0 fully saturated rings. The maximum absolute atomic E-state index is 13.2. The molecule has 2 heterocycles. The topological polar surface area (TPSA) is 101 Å². The van der Waals surface area contributed by atoms with Gasteiger partial charge in [-0.05, 0) is 36.1 Å². The number of allylic oxidation sites excluding steroid dienone is 1. The number of hydrogen-bond acceptors (Lipinski definition) is 8. The number of esters is 2. The number of nitrogens with one attached hydrogen (secondary N) is 1. The van der Waals surface area contributed by atoms with E-state index in [9.17, 15) is 14.9 Å². The number of hydrogen-bond donors (Lipinski definition) is 1. The minimum absolute atomic E-state index is 0.0279. The van der Waals surface area contributed by atoms with E-state index in [0.29, 0.717) is 28.5 Å². The molecule has 0 aliphatic carbocycles. The number of thioether (sulfide) groups is 1. The van der Waals surface area contributed by atoms with Gasteiger partial charge in [0, 0.05) is 12.4 Å². The van der Waals surface area contributed by atoms with Crippen molar-refractivity contribution in [1.29, 1.82) is 5.26 Å². The fraction of sp³-hybridized carbons (Fsp3) is 0.308. The van der Waals surface area contributed by atoms with Crippen molar-refractivity contribution in [2.24, 2.45) is 5.92 Å². The van der Waals surface area contributed by atoms with Crippen molar-refractivity contribution >= 4 is 29.4 Å². The maximum atomic E-state index is 13.2. The molecule has 176 valence electrons. The average molecular weight is 478 g/mol. The summed E-state index contributed by atoms with van der Waals surface area (Å²) in [6.45, 7) is 6.20. The van der Waals surface area contributed by atoms with Gasteiger partial charge < -0.3 is 14.8 Å². The highest BCUT2D eigenvalue weighted by atomic mass is 32.2. The van der Waals surface area contributed by atoms with Crippen LogP contribution in [0.1, 0.15) is 37.8 Å². The number of carbonyl (C=O) groups excluding carboxylic acids is 2. The molecule has 1 aliphatic heterocycles. The van der Waals surface area contributed by atoms with Gasteiger partial charge in [0.1, 0.15) is 0 Å². The summed E-state index contributed by atoms with van der Waals surface area (Å²) in [7, 11) is 0. The first-order valence-electron chi connectivity index (χ1n) is 11.0. The van der Waals surface area contributed by atoms with Gasteiger partial charge in [-0.25, -0.2) is 4.79 Å². The van der Waals surface area contributed by atoms with Crippen LogP contribution in [0.4, 0.5) is 0 Å². The van der Waals surface area contributed by atoms with Crippen molar-refractivity contribution in [3.63, 3.8) is 0 Å². The molecule has 1 N–H and O–H groups in total. The van der Waals surface area contributed by atoms with Crippen molar-refractivity contribution in [2.45, 2.75) is 26.7 Å². The highest BCUT2D eigenvalue weighted by Crippen LogP contribution is 2.43. The van der Waals surface area contributed by atoms with Gasteiger partial charge in [0.15, 0.2) is 0 Å². The number of carbonyl (C=O) groups is 2. The Kier molecular flexibility index (Phi) is 8.88. The van der Waals surface area contributed by atoms with Crippen LogP contribution in [-0.4, -0.2) is 35.9 Å². The van der Waals surface area contributed by atoms with E-state index >= 15 is 0 Å². The van der Waals surface area contributed by atoms with Gasteiger partial charge in [0.2, 0.25) is 0 Å². The van der Waals surface area contributed by atoms with Crippen molar-refractivity contribution in [3.05, 3.63) is 82.2 Å². The molecule has 3 rings (SSSR count). The molecule has 34 heavy (non-hydrogen) atoms. The van der Waals surface area contributed by atoms with Crippen LogP contribution in [0.5, 0.6) is 0 Å². The molecule has 0 saturated heterocycles. The van der Waals surface area contributed by atoms with Gasteiger partial charge in [-0.1, -0.05) is 55.9 Å². The van der Waals surface area contributed by atoms with E-state index in [1.54, 1.807) is 31.5 Å². The SMILES string of the molecule is CCOC(=O)C1=C(c2ccccc2)NC(SCC(=O)OCC(C)C)=C(C#N)C1c1ccncc1. The third-order valence-electron chi connectivity index (χ3n) is 4.96. The zero-order valence-corrected chi connectivity index (χ0v) is 20.2. The van der Waals surface area contributed by atoms with Gasteiger partial charge in [-0.2, -0.15) is 5.26 Å². The smallest absolute Gasteiger partial charge is 0.337 e. The summed E-state index contributed by atoms with van der Waals surface area (Å²) in [6, 6.07) is 15.2. The van der Waals surface area contributed by atoms with E-state index in [1.807, 2.05) is 44.2 Å². The molecule has 0 amide bonds. The molecule has 0 saturated carbocycles. The lowest BCUT2D eigenvalue weighted by Crippen LogP contribution is -2.29. The Hall–Kier alpha value is -3.57. The number of pyridine rings is 1. The van der Waals surface area contributed by atoms with E-state index in [0.717, 1.165) is 11.1 Å². The van der Waals surface area contributed by atoms with Crippen LogP contribution in [-0.2, 0) is 19.1 Å². The van der Waals surface area contributed by atoms with Gasteiger partial charge >= 0.3 is 11.9 Å². The van der Waals surface area contributed by atoms with Crippen molar-refractivity contribution in [2.75, 3.05) is 19.0 Å². The molecule has 1 unspecified atom stereocenters. The monoisotopic (exact) mass is 477 g/mol. The normalized spacial score (nSPS) is 15.6. The van der Waals surface area contributed by atoms with E-state index in [-0.39, 0.29) is 24.2 Å². The Labute approximate surface area is 203 Å². The van der Waals surface area contributed by atoms with Crippen LogP contribution in [0.3, 0.4) is 0 Å². The Morgan fingerprint density at radius 1 is 1.15 bits per heavy atom. The van der Waals surface area contributed by atoms with Gasteiger partial charge in [-0.15, -0.1) is 0 Å². The number of nitriles is 1. The second-order valence-corrected chi connectivity index (χ2v) is 8.92. The second kappa shape index (κ2) is 12.1. The van der Waals surface area contributed by atoms with E-state index in [2.05, 4.69) is 16.4 Å². The van der Waals surface area contributed by atoms with Crippen LogP contribution in [0.2, 0.25) is 0 Å². The summed E-state index contributed by atoms with van der Waals surface area (Å²) in [4.78, 5) is 29.5. The molecule has 1 atom stereocenters. The number of ether oxygens (including phenoxy) is 2. The van der Waals surface area contributed by atoms with Gasteiger partial charge in [-0.3, -0.25) is 9.78 Å². The molecule has 2 aromatic rings. The van der Waals surface area contributed by atoms with E-state index in [1.165, 1.54) is 11.8 Å². The lowest BCUT2D eigenvalue weighted by atomic mass is 9.81. The highest BCUT2D eigenvalue weighted by molar-refractivity contribution is 8.03. The lowest BCUT2D eigenvalue weighted by molar-refractivity contribution is -0.141. The summed E-state index contributed by atoms with van der Waals surface area (Å²) < 4.78 is 10.7. The summed E-state index contributed by atoms with van der Waals surface area (Å²) in [6.07, 6.45) is 3.24. The van der Waals surface area contributed by atoms with Crippen LogP contribution < -0.4 is 5.32 Å². The van der Waals surface area contributed by atoms with Gasteiger partial charge in [0.05, 0.1) is 52.8 Å². The number of aromatic nitrogens is 1. The van der Waals surface area contributed by atoms with Crippen molar-refractivity contribution in [3.8, 4) is 6.07 Å². The van der Waals surface area contributed by atoms with Crippen molar-refractivity contribution in [1.82, 2.24) is 10.3 Å². The summed E-state index contributed by atoms with van der Waals surface area (Å²) in [5.41, 5.74) is 2.70. The van der Waals surface area contributed by atoms with Crippen LogP contribution in [0.15, 0.2) is 71.0 Å². The Balaban J connectivity index is 2.09. The quantitative estimate of drug-likeness (QED) is 0.530. The molecule has 7 nitrogen and oxygen atoms in total. The summed E-state index contributed by atoms with van der Waals surface area (Å²) in [5, 5.41) is 13.9. The predicted octanol–water partition coefficient (Wildman–Crippen LogP) is 4.41. The fourth-order valence-corrected chi connectivity index (χ4v) is 4.32.